The van der Waals surface area contributed by atoms with Gasteiger partial charge in [-0.15, -0.1) is 0 Å². The predicted molar refractivity (Wildman–Crippen MR) is 114 cm³/mol. The standard InChI is InChI=1S/C22H34N4O2/c1-6-7-20(25-13-16(3)23-17(4)14-25)21-24-19-9-8-15(2)12-18(19)22(27)26(21)10-11-28-5/h8-9,12,16-17,20,23H,6-7,10-11,13-14H2,1-5H3/t16-,17+,20?. The van der Waals surface area contributed by atoms with E-state index in [1.165, 1.54) is 0 Å². The van der Waals surface area contributed by atoms with Crippen LogP contribution in [-0.2, 0) is 11.3 Å². The molecule has 2 aromatic rings. The number of aryl methyl sites for hydroxylation is 1. The minimum atomic E-state index is 0.0399. The van der Waals surface area contributed by atoms with Gasteiger partial charge in [0.25, 0.3) is 5.56 Å². The van der Waals surface area contributed by atoms with E-state index in [1.807, 2.05) is 29.7 Å². The first-order chi connectivity index (χ1) is 13.4. The number of piperazine rings is 1. The first-order valence-corrected chi connectivity index (χ1v) is 10.4. The molecule has 0 amide bonds. The number of hydrogen-bond donors (Lipinski definition) is 1. The summed E-state index contributed by atoms with van der Waals surface area (Å²) in [6, 6.07) is 6.92. The molecule has 0 spiro atoms. The van der Waals surface area contributed by atoms with E-state index >= 15 is 0 Å². The molecule has 1 aromatic carbocycles. The number of methoxy groups -OCH3 is 1. The molecular weight excluding hydrogens is 352 g/mol. The van der Waals surface area contributed by atoms with E-state index in [4.69, 9.17) is 9.72 Å². The molecule has 0 aliphatic carbocycles. The maximum atomic E-state index is 13.4. The van der Waals surface area contributed by atoms with Crippen LogP contribution < -0.4 is 10.9 Å². The van der Waals surface area contributed by atoms with Crippen LogP contribution in [0, 0.1) is 6.92 Å². The molecule has 1 aliphatic rings. The van der Waals surface area contributed by atoms with E-state index in [0.29, 0.717) is 30.6 Å². The Bertz CT molecular complexity index is 853. The Labute approximate surface area is 167 Å². The number of benzene rings is 1. The lowest BCUT2D eigenvalue weighted by molar-refractivity contribution is 0.106. The molecule has 6 heteroatoms. The van der Waals surface area contributed by atoms with Gasteiger partial charge in [-0.05, 0) is 39.3 Å². The molecule has 154 valence electrons. The monoisotopic (exact) mass is 386 g/mol. The van der Waals surface area contributed by atoms with Crippen molar-refractivity contribution in [1.82, 2.24) is 19.8 Å². The number of nitrogens with zero attached hydrogens (tertiary/aromatic N) is 3. The highest BCUT2D eigenvalue weighted by molar-refractivity contribution is 5.78. The SMILES string of the molecule is CCCC(c1nc2ccc(C)cc2c(=O)n1CCOC)N1C[C@@H](C)N[C@@H](C)C1. The van der Waals surface area contributed by atoms with Crippen molar-refractivity contribution < 1.29 is 4.74 Å². The summed E-state index contributed by atoms with van der Waals surface area (Å²) in [7, 11) is 1.67. The van der Waals surface area contributed by atoms with Crippen LogP contribution in [0.5, 0.6) is 0 Å². The second-order valence-corrected chi connectivity index (χ2v) is 8.17. The summed E-state index contributed by atoms with van der Waals surface area (Å²) >= 11 is 0. The van der Waals surface area contributed by atoms with E-state index in [1.54, 1.807) is 7.11 Å². The summed E-state index contributed by atoms with van der Waals surface area (Å²) < 4.78 is 7.15. The topological polar surface area (TPSA) is 59.4 Å². The van der Waals surface area contributed by atoms with Crippen LogP contribution in [-0.4, -0.2) is 53.3 Å². The highest BCUT2D eigenvalue weighted by Crippen LogP contribution is 2.27. The highest BCUT2D eigenvalue weighted by Gasteiger charge is 2.30. The number of nitrogens with one attached hydrogen (secondary N) is 1. The molecule has 1 unspecified atom stereocenters. The third-order valence-electron chi connectivity index (χ3n) is 5.54. The van der Waals surface area contributed by atoms with Gasteiger partial charge in [-0.2, -0.15) is 0 Å². The molecule has 6 nitrogen and oxygen atoms in total. The van der Waals surface area contributed by atoms with Crippen molar-refractivity contribution in [1.29, 1.82) is 0 Å². The first-order valence-electron chi connectivity index (χ1n) is 10.4. The quantitative estimate of drug-likeness (QED) is 0.793. The average molecular weight is 387 g/mol. The fourth-order valence-corrected chi connectivity index (χ4v) is 4.38. The van der Waals surface area contributed by atoms with Crippen molar-refractivity contribution in [3.63, 3.8) is 0 Å². The van der Waals surface area contributed by atoms with Crippen LogP contribution in [0.25, 0.3) is 10.9 Å². The molecule has 1 N–H and O–H groups in total. The van der Waals surface area contributed by atoms with Gasteiger partial charge in [0.1, 0.15) is 5.82 Å². The zero-order valence-electron chi connectivity index (χ0n) is 17.9. The van der Waals surface area contributed by atoms with Gasteiger partial charge in [0, 0.05) is 32.3 Å². The average Bonchev–Trinajstić information content (AvgIpc) is 2.65. The van der Waals surface area contributed by atoms with E-state index < -0.39 is 0 Å². The normalized spacial score (nSPS) is 21.9. The predicted octanol–water partition coefficient (Wildman–Crippen LogP) is 2.87. The fourth-order valence-electron chi connectivity index (χ4n) is 4.38. The Kier molecular flexibility index (Phi) is 6.86. The van der Waals surface area contributed by atoms with Crippen molar-refractivity contribution in [2.45, 2.75) is 65.2 Å². The van der Waals surface area contributed by atoms with Crippen molar-refractivity contribution in [2.75, 3.05) is 26.8 Å². The van der Waals surface area contributed by atoms with E-state index in [0.717, 1.165) is 42.8 Å². The zero-order chi connectivity index (χ0) is 20.3. The van der Waals surface area contributed by atoms with Gasteiger partial charge in [0.05, 0.1) is 30.1 Å². The summed E-state index contributed by atoms with van der Waals surface area (Å²) in [6.07, 6.45) is 2.03. The van der Waals surface area contributed by atoms with Crippen LogP contribution in [0.2, 0.25) is 0 Å². The van der Waals surface area contributed by atoms with Gasteiger partial charge < -0.3 is 10.1 Å². The van der Waals surface area contributed by atoms with E-state index in [9.17, 15) is 4.79 Å². The molecule has 0 saturated carbocycles. The summed E-state index contributed by atoms with van der Waals surface area (Å²) in [5.41, 5.74) is 1.90. The van der Waals surface area contributed by atoms with Crippen molar-refractivity contribution >= 4 is 10.9 Å². The number of ether oxygens (including phenoxy) is 1. The van der Waals surface area contributed by atoms with Crippen molar-refractivity contribution in [3.8, 4) is 0 Å². The van der Waals surface area contributed by atoms with E-state index in [2.05, 4.69) is 31.0 Å². The number of rotatable bonds is 7. The maximum Gasteiger partial charge on any atom is 0.261 e. The van der Waals surface area contributed by atoms with Gasteiger partial charge >= 0.3 is 0 Å². The molecule has 0 radical (unpaired) electrons. The highest BCUT2D eigenvalue weighted by atomic mass is 16.5. The Morgan fingerprint density at radius 1 is 1.29 bits per heavy atom. The third-order valence-corrected chi connectivity index (χ3v) is 5.54. The van der Waals surface area contributed by atoms with Gasteiger partial charge in [-0.25, -0.2) is 4.98 Å². The van der Waals surface area contributed by atoms with Crippen molar-refractivity contribution in [2.24, 2.45) is 0 Å². The minimum absolute atomic E-state index is 0.0399. The lowest BCUT2D eigenvalue weighted by atomic mass is 10.0. The molecule has 2 heterocycles. The van der Waals surface area contributed by atoms with Gasteiger partial charge in [0.15, 0.2) is 0 Å². The Hall–Kier alpha value is -1.76. The lowest BCUT2D eigenvalue weighted by Gasteiger charge is -2.41. The first kappa shape index (κ1) is 21.0. The molecule has 3 atom stereocenters. The maximum absolute atomic E-state index is 13.4. The third kappa shape index (κ3) is 4.45. The largest absolute Gasteiger partial charge is 0.383 e. The molecule has 1 aromatic heterocycles. The zero-order valence-corrected chi connectivity index (χ0v) is 17.9. The van der Waals surface area contributed by atoms with E-state index in [-0.39, 0.29) is 11.6 Å². The molecule has 1 aliphatic heterocycles. The smallest absolute Gasteiger partial charge is 0.261 e. The summed E-state index contributed by atoms with van der Waals surface area (Å²) in [6.45, 7) is 11.6. The Balaban J connectivity index is 2.13. The van der Waals surface area contributed by atoms with Gasteiger partial charge in [0.2, 0.25) is 0 Å². The summed E-state index contributed by atoms with van der Waals surface area (Å²) in [5.74, 6) is 0.876. The van der Waals surface area contributed by atoms with Crippen LogP contribution >= 0.6 is 0 Å². The van der Waals surface area contributed by atoms with Crippen LogP contribution in [0.1, 0.15) is 51.0 Å². The molecule has 0 bridgehead atoms. The summed E-state index contributed by atoms with van der Waals surface area (Å²) in [5, 5.41) is 4.29. The van der Waals surface area contributed by atoms with Crippen LogP contribution in [0.4, 0.5) is 0 Å². The number of fused-ring (bicyclic) bond motifs is 1. The van der Waals surface area contributed by atoms with Crippen molar-refractivity contribution in [3.05, 3.63) is 39.9 Å². The second-order valence-electron chi connectivity index (χ2n) is 8.17. The number of aromatic nitrogens is 2. The second kappa shape index (κ2) is 9.16. The van der Waals surface area contributed by atoms with Crippen LogP contribution in [0.15, 0.2) is 23.0 Å². The summed E-state index contributed by atoms with van der Waals surface area (Å²) in [4.78, 5) is 20.9. The fraction of sp³-hybridized carbons (Fsp3) is 0.636. The molecule has 1 saturated heterocycles. The molecule has 1 fully saturated rings. The number of hydrogen-bond acceptors (Lipinski definition) is 5. The molecular formula is C22H34N4O2. The lowest BCUT2D eigenvalue weighted by Crippen LogP contribution is -2.55. The van der Waals surface area contributed by atoms with Crippen LogP contribution in [0.3, 0.4) is 0 Å². The molecule has 3 rings (SSSR count). The van der Waals surface area contributed by atoms with Gasteiger partial charge in [-0.3, -0.25) is 14.3 Å². The minimum Gasteiger partial charge on any atom is -0.383 e. The molecule has 28 heavy (non-hydrogen) atoms. The Morgan fingerprint density at radius 2 is 2.00 bits per heavy atom. The Morgan fingerprint density at radius 3 is 2.64 bits per heavy atom. The van der Waals surface area contributed by atoms with Gasteiger partial charge in [-0.1, -0.05) is 25.0 Å².